The second-order valence-corrected chi connectivity index (χ2v) is 6.25. The lowest BCUT2D eigenvalue weighted by molar-refractivity contribution is -0.141. The van der Waals surface area contributed by atoms with Crippen LogP contribution in [0.2, 0.25) is 0 Å². The Bertz CT molecular complexity index is 980. The van der Waals surface area contributed by atoms with Crippen molar-refractivity contribution in [3.63, 3.8) is 0 Å². The van der Waals surface area contributed by atoms with Crippen molar-refractivity contribution in [1.82, 2.24) is 5.32 Å². The van der Waals surface area contributed by atoms with Crippen molar-refractivity contribution in [3.05, 3.63) is 65.7 Å². The average molecular weight is 385 g/mol. The van der Waals surface area contributed by atoms with Gasteiger partial charge in [0.1, 0.15) is 17.1 Å². The van der Waals surface area contributed by atoms with Crippen LogP contribution in [-0.2, 0) is 20.7 Å². The summed E-state index contributed by atoms with van der Waals surface area (Å²) in [6, 6.07) is 10.4. The number of rotatable bonds is 7. The van der Waals surface area contributed by atoms with E-state index in [1.807, 2.05) is 6.07 Å². The van der Waals surface area contributed by atoms with Crippen molar-refractivity contribution in [3.8, 4) is 5.75 Å². The maximum atomic E-state index is 13.2. The standard InChI is InChI=1S/C21H20FNO5/c1-26-16-7-8-17-14(12-28-19(17)10-16)9-20(24)23-18(11-21(25)27-2)13-3-5-15(22)6-4-13/h3-8,10,12,18H,9,11H2,1-2H3,(H,23,24)/t18-/m1/s1. The van der Waals surface area contributed by atoms with E-state index < -0.39 is 17.8 Å². The summed E-state index contributed by atoms with van der Waals surface area (Å²) >= 11 is 0. The van der Waals surface area contributed by atoms with E-state index in [4.69, 9.17) is 13.9 Å². The van der Waals surface area contributed by atoms with Gasteiger partial charge in [-0.05, 0) is 29.8 Å². The fraction of sp³-hybridized carbons (Fsp3) is 0.238. The monoisotopic (exact) mass is 385 g/mol. The molecule has 2 aromatic carbocycles. The molecule has 7 heteroatoms. The number of methoxy groups -OCH3 is 2. The number of hydrogen-bond acceptors (Lipinski definition) is 5. The number of amides is 1. The highest BCUT2D eigenvalue weighted by Gasteiger charge is 2.20. The topological polar surface area (TPSA) is 77.8 Å². The smallest absolute Gasteiger partial charge is 0.307 e. The van der Waals surface area contributed by atoms with Crippen LogP contribution in [-0.4, -0.2) is 26.1 Å². The summed E-state index contributed by atoms with van der Waals surface area (Å²) in [5, 5.41) is 3.62. The molecule has 0 aliphatic heterocycles. The molecule has 1 heterocycles. The van der Waals surface area contributed by atoms with E-state index in [0.29, 0.717) is 22.5 Å². The number of fused-ring (bicyclic) bond motifs is 1. The molecule has 0 saturated carbocycles. The van der Waals surface area contributed by atoms with Gasteiger partial charge in [0.05, 0.1) is 39.4 Å². The van der Waals surface area contributed by atoms with Crippen molar-refractivity contribution in [1.29, 1.82) is 0 Å². The van der Waals surface area contributed by atoms with Crippen LogP contribution >= 0.6 is 0 Å². The maximum Gasteiger partial charge on any atom is 0.307 e. The molecule has 1 atom stereocenters. The fourth-order valence-electron chi connectivity index (χ4n) is 2.94. The minimum absolute atomic E-state index is 0.0583. The van der Waals surface area contributed by atoms with Crippen molar-refractivity contribution >= 4 is 22.8 Å². The first-order chi connectivity index (χ1) is 13.5. The Kier molecular flexibility index (Phi) is 5.93. The van der Waals surface area contributed by atoms with Gasteiger partial charge in [-0.2, -0.15) is 0 Å². The number of esters is 1. The molecule has 1 aromatic heterocycles. The van der Waals surface area contributed by atoms with Crippen molar-refractivity contribution < 1.29 is 27.9 Å². The largest absolute Gasteiger partial charge is 0.497 e. The summed E-state index contributed by atoms with van der Waals surface area (Å²) in [6.07, 6.45) is 1.53. The third-order valence-corrected chi connectivity index (χ3v) is 4.42. The zero-order valence-electron chi connectivity index (χ0n) is 15.5. The number of nitrogens with one attached hydrogen (secondary N) is 1. The minimum Gasteiger partial charge on any atom is -0.497 e. The lowest BCUT2D eigenvalue weighted by Crippen LogP contribution is -2.31. The Morgan fingerprint density at radius 3 is 2.57 bits per heavy atom. The number of benzene rings is 2. The average Bonchev–Trinajstić information content (AvgIpc) is 3.09. The second-order valence-electron chi connectivity index (χ2n) is 6.25. The molecule has 0 aliphatic carbocycles. The van der Waals surface area contributed by atoms with Gasteiger partial charge in [-0.1, -0.05) is 12.1 Å². The van der Waals surface area contributed by atoms with Gasteiger partial charge >= 0.3 is 5.97 Å². The first kappa shape index (κ1) is 19.4. The van der Waals surface area contributed by atoms with Gasteiger partial charge in [0.25, 0.3) is 0 Å². The molecule has 146 valence electrons. The van der Waals surface area contributed by atoms with Gasteiger partial charge < -0.3 is 19.2 Å². The Labute approximate surface area is 161 Å². The predicted octanol–water partition coefficient (Wildman–Crippen LogP) is 3.54. The van der Waals surface area contributed by atoms with Crippen LogP contribution in [0.5, 0.6) is 5.75 Å². The minimum atomic E-state index is -0.626. The van der Waals surface area contributed by atoms with Gasteiger partial charge in [-0.3, -0.25) is 9.59 Å². The van der Waals surface area contributed by atoms with Crippen molar-refractivity contribution in [2.75, 3.05) is 14.2 Å². The number of carbonyl (C=O) groups is 2. The van der Waals surface area contributed by atoms with E-state index in [1.165, 1.54) is 37.6 Å². The summed E-state index contributed by atoms with van der Waals surface area (Å²) in [6.45, 7) is 0. The quantitative estimate of drug-likeness (QED) is 0.630. The van der Waals surface area contributed by atoms with Crippen LogP contribution < -0.4 is 10.1 Å². The molecule has 1 N–H and O–H groups in total. The highest BCUT2D eigenvalue weighted by Crippen LogP contribution is 2.26. The van der Waals surface area contributed by atoms with Gasteiger partial charge in [0.15, 0.2) is 0 Å². The third kappa shape index (κ3) is 4.49. The normalized spacial score (nSPS) is 11.8. The Morgan fingerprint density at radius 2 is 1.89 bits per heavy atom. The van der Waals surface area contributed by atoms with Crippen molar-refractivity contribution in [2.24, 2.45) is 0 Å². The number of hydrogen-bond donors (Lipinski definition) is 1. The summed E-state index contributed by atoms with van der Waals surface area (Å²) in [5.74, 6) is -0.508. The SMILES string of the molecule is COC(=O)C[C@@H](NC(=O)Cc1coc2cc(OC)ccc12)c1ccc(F)cc1. The highest BCUT2D eigenvalue weighted by molar-refractivity contribution is 5.88. The van der Waals surface area contributed by atoms with Gasteiger partial charge in [0, 0.05) is 17.0 Å². The second kappa shape index (κ2) is 8.56. The summed E-state index contributed by atoms with van der Waals surface area (Å²) < 4.78 is 28.6. The first-order valence-corrected chi connectivity index (χ1v) is 8.66. The molecule has 6 nitrogen and oxygen atoms in total. The summed E-state index contributed by atoms with van der Waals surface area (Å²) in [7, 11) is 2.84. The molecule has 1 amide bonds. The molecule has 0 bridgehead atoms. The molecular weight excluding hydrogens is 365 g/mol. The molecule has 0 spiro atoms. The lowest BCUT2D eigenvalue weighted by atomic mass is 10.0. The lowest BCUT2D eigenvalue weighted by Gasteiger charge is -2.18. The van der Waals surface area contributed by atoms with E-state index in [1.54, 1.807) is 19.2 Å². The number of carbonyl (C=O) groups excluding carboxylic acids is 2. The van der Waals surface area contributed by atoms with E-state index in [-0.39, 0.29) is 18.7 Å². The fourth-order valence-corrected chi connectivity index (χ4v) is 2.94. The number of halogens is 1. The van der Waals surface area contributed by atoms with E-state index in [2.05, 4.69) is 5.32 Å². The first-order valence-electron chi connectivity index (χ1n) is 8.66. The Hall–Kier alpha value is -3.35. The maximum absolute atomic E-state index is 13.2. The summed E-state index contributed by atoms with van der Waals surface area (Å²) in [5.41, 5.74) is 1.94. The molecule has 3 aromatic rings. The number of furan rings is 1. The van der Waals surface area contributed by atoms with Crippen LogP contribution in [0.15, 0.2) is 53.1 Å². The van der Waals surface area contributed by atoms with E-state index >= 15 is 0 Å². The van der Waals surface area contributed by atoms with Gasteiger partial charge in [-0.15, -0.1) is 0 Å². The molecule has 0 radical (unpaired) electrons. The van der Waals surface area contributed by atoms with Crippen LogP contribution in [0.4, 0.5) is 4.39 Å². The van der Waals surface area contributed by atoms with Crippen molar-refractivity contribution in [2.45, 2.75) is 18.9 Å². The highest BCUT2D eigenvalue weighted by atomic mass is 19.1. The molecule has 0 unspecified atom stereocenters. The van der Waals surface area contributed by atoms with Crippen LogP contribution in [0, 0.1) is 5.82 Å². The Balaban J connectivity index is 1.76. The van der Waals surface area contributed by atoms with Gasteiger partial charge in [-0.25, -0.2) is 4.39 Å². The molecular formula is C21H20FNO5. The zero-order chi connectivity index (χ0) is 20.1. The predicted molar refractivity (Wildman–Crippen MR) is 100 cm³/mol. The molecule has 0 saturated heterocycles. The van der Waals surface area contributed by atoms with E-state index in [9.17, 15) is 14.0 Å². The van der Waals surface area contributed by atoms with Gasteiger partial charge in [0.2, 0.25) is 5.91 Å². The summed E-state index contributed by atoms with van der Waals surface area (Å²) in [4.78, 5) is 24.3. The third-order valence-electron chi connectivity index (χ3n) is 4.42. The Morgan fingerprint density at radius 1 is 1.14 bits per heavy atom. The van der Waals surface area contributed by atoms with E-state index in [0.717, 1.165) is 5.39 Å². The van der Waals surface area contributed by atoms with Crippen LogP contribution in [0.1, 0.15) is 23.6 Å². The van der Waals surface area contributed by atoms with Crippen LogP contribution in [0.3, 0.4) is 0 Å². The molecule has 0 aliphatic rings. The molecule has 28 heavy (non-hydrogen) atoms. The number of ether oxygens (including phenoxy) is 2. The van der Waals surface area contributed by atoms with Crippen LogP contribution in [0.25, 0.3) is 11.0 Å². The molecule has 0 fully saturated rings. The molecule has 3 rings (SSSR count). The zero-order valence-corrected chi connectivity index (χ0v) is 15.5.